The lowest BCUT2D eigenvalue weighted by Gasteiger charge is -2.31. The molecule has 1 aliphatic heterocycles. The quantitative estimate of drug-likeness (QED) is 0.685. The molecule has 2 N–H and O–H groups in total. The summed E-state index contributed by atoms with van der Waals surface area (Å²) in [6.07, 6.45) is -0.107. The van der Waals surface area contributed by atoms with Gasteiger partial charge in [0.15, 0.2) is 0 Å². The smallest absolute Gasteiger partial charge is 0.422 e. The van der Waals surface area contributed by atoms with Crippen LogP contribution in [0.5, 0.6) is 0 Å². The number of amides is 4. The van der Waals surface area contributed by atoms with Gasteiger partial charge in [0.1, 0.15) is 5.54 Å². The van der Waals surface area contributed by atoms with Crippen LogP contribution in [0.15, 0.2) is 24.3 Å². The lowest BCUT2D eigenvalue weighted by Crippen LogP contribution is -2.51. The predicted octanol–water partition coefficient (Wildman–Crippen LogP) is 1.14. The molecule has 1 unspecified atom stereocenters. The molecule has 1 aromatic rings. The van der Waals surface area contributed by atoms with E-state index in [2.05, 4.69) is 5.32 Å². The van der Waals surface area contributed by atoms with Gasteiger partial charge in [0.2, 0.25) is 0 Å². The largest absolute Gasteiger partial charge is 0.464 e. The minimum Gasteiger partial charge on any atom is -0.464 e. The number of nitrogens with one attached hydrogen (secondary N) is 1. The van der Waals surface area contributed by atoms with E-state index >= 15 is 0 Å². The average molecular weight is 260 g/mol. The maximum absolute atomic E-state index is 12.2. The molecule has 6 nitrogen and oxygen atoms in total. The third kappa shape index (κ3) is 1.60. The van der Waals surface area contributed by atoms with E-state index in [9.17, 15) is 14.4 Å². The molecule has 1 saturated heterocycles. The van der Waals surface area contributed by atoms with Crippen molar-refractivity contribution in [1.82, 2.24) is 10.2 Å². The van der Waals surface area contributed by atoms with Crippen molar-refractivity contribution in [2.24, 2.45) is 0 Å². The number of hydrogen-bond donors (Lipinski definition) is 2. The van der Waals surface area contributed by atoms with Gasteiger partial charge in [-0.05, 0) is 24.0 Å². The molecule has 98 valence electrons. The highest BCUT2D eigenvalue weighted by molar-refractivity contribution is 6.16. The molecular weight excluding hydrogens is 248 g/mol. The summed E-state index contributed by atoms with van der Waals surface area (Å²) in [5.74, 6) is -0.667. The van der Waals surface area contributed by atoms with E-state index in [1.807, 2.05) is 24.3 Å². The van der Waals surface area contributed by atoms with Crippen LogP contribution in [0.2, 0.25) is 0 Å². The van der Waals surface area contributed by atoms with Gasteiger partial charge in [-0.2, -0.15) is 4.90 Å². The Kier molecular flexibility index (Phi) is 2.35. The summed E-state index contributed by atoms with van der Waals surface area (Å²) >= 11 is 0. The van der Waals surface area contributed by atoms with Gasteiger partial charge in [0.25, 0.3) is 5.91 Å². The van der Waals surface area contributed by atoms with E-state index in [1.54, 1.807) is 0 Å². The molecule has 4 amide bonds. The second kappa shape index (κ2) is 3.81. The number of nitrogens with zero attached hydrogens (tertiary/aromatic N) is 1. The minimum absolute atomic E-state index is 0.272. The molecule has 0 saturated carbocycles. The molecule has 3 rings (SSSR count). The summed E-state index contributed by atoms with van der Waals surface area (Å²) in [6.45, 7) is 0. The van der Waals surface area contributed by atoms with Crippen LogP contribution < -0.4 is 5.32 Å². The van der Waals surface area contributed by atoms with E-state index in [-0.39, 0.29) is 4.90 Å². The number of benzene rings is 1. The predicted molar refractivity (Wildman–Crippen MR) is 64.6 cm³/mol. The molecule has 1 atom stereocenters. The van der Waals surface area contributed by atoms with Gasteiger partial charge in [-0.25, -0.2) is 9.59 Å². The highest BCUT2D eigenvalue weighted by atomic mass is 16.4. The third-order valence-corrected chi connectivity index (χ3v) is 3.78. The van der Waals surface area contributed by atoms with Crippen molar-refractivity contribution in [3.63, 3.8) is 0 Å². The molecule has 19 heavy (non-hydrogen) atoms. The van der Waals surface area contributed by atoms with Gasteiger partial charge in [0.05, 0.1) is 0 Å². The average Bonchev–Trinajstić information content (AvgIpc) is 2.60. The molecule has 1 fully saturated rings. The summed E-state index contributed by atoms with van der Waals surface area (Å²) < 4.78 is 0. The van der Waals surface area contributed by atoms with E-state index in [1.165, 1.54) is 0 Å². The van der Waals surface area contributed by atoms with Crippen LogP contribution in [-0.2, 0) is 17.6 Å². The Morgan fingerprint density at radius 3 is 2.58 bits per heavy atom. The van der Waals surface area contributed by atoms with Gasteiger partial charge < -0.3 is 10.4 Å². The first-order chi connectivity index (χ1) is 9.03. The van der Waals surface area contributed by atoms with Crippen molar-refractivity contribution in [1.29, 1.82) is 0 Å². The first-order valence-corrected chi connectivity index (χ1v) is 6.00. The molecule has 6 heteroatoms. The maximum Gasteiger partial charge on any atom is 0.422 e. The van der Waals surface area contributed by atoms with Crippen molar-refractivity contribution < 1.29 is 19.5 Å². The number of carbonyl (C=O) groups is 3. The maximum atomic E-state index is 12.2. The molecule has 0 radical (unpaired) electrons. The number of fused-ring (bicyclic) bond motifs is 1. The van der Waals surface area contributed by atoms with E-state index in [4.69, 9.17) is 5.11 Å². The van der Waals surface area contributed by atoms with E-state index in [0.29, 0.717) is 19.3 Å². The third-order valence-electron chi connectivity index (χ3n) is 3.78. The SMILES string of the molecule is O=C(O)N1C(=O)NC2(CCc3ccccc3C2)C1=O. The second-order valence-corrected chi connectivity index (χ2v) is 4.88. The van der Waals surface area contributed by atoms with Gasteiger partial charge in [-0.15, -0.1) is 0 Å². The summed E-state index contributed by atoms with van der Waals surface area (Å²) in [4.78, 5) is 35.0. The van der Waals surface area contributed by atoms with Crippen molar-refractivity contribution in [3.05, 3.63) is 35.4 Å². The normalized spacial score (nSPS) is 25.4. The monoisotopic (exact) mass is 260 g/mol. The van der Waals surface area contributed by atoms with Crippen LogP contribution in [0.1, 0.15) is 17.5 Å². The van der Waals surface area contributed by atoms with Gasteiger partial charge >= 0.3 is 12.1 Å². The number of urea groups is 1. The molecule has 0 bridgehead atoms. The molecule has 1 heterocycles. The topological polar surface area (TPSA) is 86.7 Å². The van der Waals surface area contributed by atoms with Crippen LogP contribution in [0, 0.1) is 0 Å². The Balaban J connectivity index is 1.98. The molecule has 1 spiro atoms. The zero-order chi connectivity index (χ0) is 13.6. The first-order valence-electron chi connectivity index (χ1n) is 6.00. The highest BCUT2D eigenvalue weighted by Crippen LogP contribution is 2.33. The number of hydrogen-bond acceptors (Lipinski definition) is 3. The number of carbonyl (C=O) groups excluding carboxylic acids is 2. The summed E-state index contributed by atoms with van der Waals surface area (Å²) in [5, 5.41) is 11.5. The zero-order valence-electron chi connectivity index (χ0n) is 10.0. The standard InChI is InChI=1S/C13H12N2O4/c16-10-13(14-11(17)15(10)12(18)19)6-5-8-3-1-2-4-9(8)7-13/h1-4H,5-7H2,(H,14,17)(H,18,19). The Morgan fingerprint density at radius 1 is 1.26 bits per heavy atom. The molecule has 1 aliphatic carbocycles. The number of aryl methyl sites for hydroxylation is 1. The van der Waals surface area contributed by atoms with E-state index < -0.39 is 23.6 Å². The van der Waals surface area contributed by atoms with Crippen molar-refractivity contribution in [2.75, 3.05) is 0 Å². The van der Waals surface area contributed by atoms with E-state index in [0.717, 1.165) is 11.1 Å². The van der Waals surface area contributed by atoms with Gasteiger partial charge in [-0.3, -0.25) is 4.79 Å². The second-order valence-electron chi connectivity index (χ2n) is 4.88. The number of imide groups is 3. The Morgan fingerprint density at radius 2 is 1.95 bits per heavy atom. The summed E-state index contributed by atoms with van der Waals surface area (Å²) in [7, 11) is 0. The van der Waals surface area contributed by atoms with Gasteiger partial charge in [0, 0.05) is 6.42 Å². The van der Waals surface area contributed by atoms with Gasteiger partial charge in [-0.1, -0.05) is 24.3 Å². The first kappa shape index (κ1) is 11.7. The Labute approximate surface area is 109 Å². The number of carboxylic acid groups (broad SMARTS) is 1. The van der Waals surface area contributed by atoms with Crippen molar-refractivity contribution in [3.8, 4) is 0 Å². The fourth-order valence-corrected chi connectivity index (χ4v) is 2.82. The Hall–Kier alpha value is -2.37. The summed E-state index contributed by atoms with van der Waals surface area (Å²) in [5.41, 5.74) is 1.03. The highest BCUT2D eigenvalue weighted by Gasteiger charge is 2.54. The van der Waals surface area contributed by atoms with Crippen LogP contribution in [0.25, 0.3) is 0 Å². The molecule has 1 aromatic carbocycles. The summed E-state index contributed by atoms with van der Waals surface area (Å²) in [6, 6.07) is 6.83. The van der Waals surface area contributed by atoms with Crippen molar-refractivity contribution in [2.45, 2.75) is 24.8 Å². The van der Waals surface area contributed by atoms with Crippen LogP contribution in [-0.4, -0.2) is 33.6 Å². The Bertz CT molecular complexity index is 598. The minimum atomic E-state index is -1.53. The molecule has 0 aromatic heterocycles. The van der Waals surface area contributed by atoms with Crippen LogP contribution in [0.3, 0.4) is 0 Å². The zero-order valence-corrected chi connectivity index (χ0v) is 10.0. The fourth-order valence-electron chi connectivity index (χ4n) is 2.82. The van der Waals surface area contributed by atoms with Crippen molar-refractivity contribution >= 4 is 18.0 Å². The number of rotatable bonds is 0. The lowest BCUT2D eigenvalue weighted by atomic mass is 9.78. The van der Waals surface area contributed by atoms with Crippen LogP contribution in [0.4, 0.5) is 9.59 Å². The lowest BCUT2D eigenvalue weighted by molar-refractivity contribution is -0.130. The molecular formula is C13H12N2O4. The fraction of sp³-hybridized carbons (Fsp3) is 0.308. The van der Waals surface area contributed by atoms with Crippen LogP contribution >= 0.6 is 0 Å². The molecule has 2 aliphatic rings.